The Kier molecular flexibility index (Phi) is 7.96. The summed E-state index contributed by atoms with van der Waals surface area (Å²) in [6.45, 7) is 6.14. The quantitative estimate of drug-likeness (QED) is 0.430. The average Bonchev–Trinajstić information content (AvgIpc) is 3.32. The fourth-order valence-electron chi connectivity index (χ4n) is 6.01. The molecule has 0 radical (unpaired) electrons. The van der Waals surface area contributed by atoms with Gasteiger partial charge in [0.2, 0.25) is 5.90 Å². The van der Waals surface area contributed by atoms with Gasteiger partial charge in [0.05, 0.1) is 11.6 Å². The summed E-state index contributed by atoms with van der Waals surface area (Å²) in [5, 5.41) is 25.3. The van der Waals surface area contributed by atoms with Crippen LogP contribution in [0.25, 0.3) is 22.2 Å². The topological polar surface area (TPSA) is 94.3 Å². The predicted octanol–water partition coefficient (Wildman–Crippen LogP) is 3.91. The number of likely N-dealkylation sites (N-methyl/N-ethyl adjacent to an activating group) is 2. The first-order chi connectivity index (χ1) is 19.9. The Hall–Kier alpha value is -3.47. The first-order valence-corrected chi connectivity index (χ1v) is 14.8. The van der Waals surface area contributed by atoms with Gasteiger partial charge in [0, 0.05) is 68.6 Å². The second kappa shape index (κ2) is 11.8. The largest absolute Gasteiger partial charge is 0.473 e. The van der Waals surface area contributed by atoms with Gasteiger partial charge in [0.1, 0.15) is 17.6 Å². The molecule has 3 aromatic rings. The number of nitrogens with zero attached hydrogens (tertiary/aromatic N) is 7. The molecule has 0 amide bonds. The molecule has 2 N–H and O–H groups in total. The molecule has 2 aromatic heterocycles. The zero-order valence-corrected chi connectivity index (χ0v) is 24.6. The highest BCUT2D eigenvalue weighted by Gasteiger charge is 2.29. The molecular formula is C31H42N8O2. The zero-order valence-electron chi connectivity index (χ0n) is 24.6. The molecule has 10 heteroatoms. The molecule has 0 spiro atoms. The third-order valence-corrected chi connectivity index (χ3v) is 8.58. The summed E-state index contributed by atoms with van der Waals surface area (Å²) in [5.74, 6) is 1.43. The van der Waals surface area contributed by atoms with Gasteiger partial charge in [-0.05, 0) is 58.3 Å². The van der Waals surface area contributed by atoms with Gasteiger partial charge in [-0.1, -0.05) is 24.3 Å². The van der Waals surface area contributed by atoms with Crippen LogP contribution in [0.4, 0.5) is 5.82 Å². The number of hydrogen-bond donors (Lipinski definition) is 2. The number of benzene rings is 1. The smallest absolute Gasteiger partial charge is 0.230 e. The van der Waals surface area contributed by atoms with E-state index in [-0.39, 0.29) is 12.1 Å². The number of aliphatic hydroxyl groups excluding tert-OH is 1. The third-order valence-electron chi connectivity index (χ3n) is 8.58. The molecule has 1 atom stereocenters. The van der Waals surface area contributed by atoms with Gasteiger partial charge in [-0.2, -0.15) is 5.10 Å². The molecule has 2 fully saturated rings. The van der Waals surface area contributed by atoms with Crippen LogP contribution in [0.3, 0.4) is 0 Å². The normalized spacial score (nSPS) is 23.6. The number of hydrazone groups is 1. The van der Waals surface area contributed by atoms with Crippen LogP contribution in [0, 0.1) is 0 Å². The first-order valence-electron chi connectivity index (χ1n) is 14.8. The number of aliphatic hydroxyl groups is 1. The fourth-order valence-corrected chi connectivity index (χ4v) is 6.01. The summed E-state index contributed by atoms with van der Waals surface area (Å²) < 4.78 is 8.39. The van der Waals surface area contributed by atoms with Gasteiger partial charge in [-0.25, -0.2) is 4.98 Å². The molecule has 0 bridgehead atoms. The van der Waals surface area contributed by atoms with Crippen molar-refractivity contribution in [2.45, 2.75) is 63.6 Å². The molecule has 6 rings (SSSR count). The maximum Gasteiger partial charge on any atom is 0.230 e. The summed E-state index contributed by atoms with van der Waals surface area (Å²) in [6.07, 6.45) is 8.61. The lowest BCUT2D eigenvalue weighted by molar-refractivity contribution is 0.0532. The molecule has 3 aliphatic rings. The number of hydrogen-bond acceptors (Lipinski definition) is 9. The van der Waals surface area contributed by atoms with Crippen LogP contribution in [0.1, 0.15) is 44.2 Å². The molecule has 1 unspecified atom stereocenters. The minimum atomic E-state index is -0.700. The third kappa shape index (κ3) is 5.95. The second-order valence-corrected chi connectivity index (χ2v) is 11.8. The highest BCUT2D eigenvalue weighted by atomic mass is 16.5. The van der Waals surface area contributed by atoms with Crippen LogP contribution in [0.2, 0.25) is 0 Å². The average molecular weight is 559 g/mol. The van der Waals surface area contributed by atoms with E-state index >= 15 is 0 Å². The SMILES string of the molecule is CCNc1cc2c(cn1)c(-c1ccc(CN3CC(N(C)C)C3)cc1)nn2C1CCC(OC2=NN(C)C(O)C=C2)CC1. The summed E-state index contributed by atoms with van der Waals surface area (Å²) in [4.78, 5) is 9.49. The van der Waals surface area contributed by atoms with Crippen molar-refractivity contribution in [3.05, 3.63) is 54.2 Å². The molecule has 2 aliphatic heterocycles. The number of aromatic nitrogens is 3. The van der Waals surface area contributed by atoms with E-state index in [4.69, 9.17) is 14.8 Å². The standard InChI is InChI=1S/C31H42N8O2/c1-5-32-28-16-27-26(17-33-28)31(22-8-6-21(7-9-22)18-38-19-24(20-38)36(2)3)35-39(27)23-10-12-25(13-11-23)41-29-14-15-30(40)37(4)34-29/h6-9,14-17,23-25,30,40H,5,10-13,18-20H2,1-4H3,(H,32,33). The Labute approximate surface area is 242 Å². The number of nitrogens with one attached hydrogen (secondary N) is 1. The second-order valence-electron chi connectivity index (χ2n) is 11.8. The van der Waals surface area contributed by atoms with Gasteiger partial charge < -0.3 is 20.1 Å². The minimum absolute atomic E-state index is 0.102. The Morgan fingerprint density at radius 2 is 1.85 bits per heavy atom. The molecule has 1 saturated heterocycles. The van der Waals surface area contributed by atoms with E-state index in [0.717, 1.165) is 79.8 Å². The van der Waals surface area contributed by atoms with Gasteiger partial charge in [-0.15, -0.1) is 5.10 Å². The molecule has 1 aromatic carbocycles. The van der Waals surface area contributed by atoms with Gasteiger partial charge in [0.15, 0.2) is 6.23 Å². The molecule has 1 aliphatic carbocycles. The number of ether oxygens (including phenoxy) is 1. The van der Waals surface area contributed by atoms with Crippen molar-refractivity contribution in [3.63, 3.8) is 0 Å². The maximum absolute atomic E-state index is 9.83. The lowest BCUT2D eigenvalue weighted by Gasteiger charge is -2.42. The summed E-state index contributed by atoms with van der Waals surface area (Å²) in [5.41, 5.74) is 4.56. The highest BCUT2D eigenvalue weighted by Crippen LogP contribution is 2.36. The van der Waals surface area contributed by atoms with Crippen LogP contribution in [-0.4, -0.2) is 99.7 Å². The molecule has 41 heavy (non-hydrogen) atoms. The fraction of sp³-hybridized carbons (Fsp3) is 0.516. The van der Waals surface area contributed by atoms with Crippen molar-refractivity contribution >= 4 is 22.6 Å². The van der Waals surface area contributed by atoms with Crippen molar-refractivity contribution in [1.82, 2.24) is 29.6 Å². The van der Waals surface area contributed by atoms with E-state index < -0.39 is 6.23 Å². The summed E-state index contributed by atoms with van der Waals surface area (Å²) in [6, 6.07) is 12.0. The van der Waals surface area contributed by atoms with E-state index in [9.17, 15) is 5.11 Å². The minimum Gasteiger partial charge on any atom is -0.473 e. The lowest BCUT2D eigenvalue weighted by atomic mass is 9.93. The van der Waals surface area contributed by atoms with Crippen molar-refractivity contribution in [2.24, 2.45) is 5.10 Å². The Morgan fingerprint density at radius 3 is 2.54 bits per heavy atom. The van der Waals surface area contributed by atoms with E-state index in [0.29, 0.717) is 11.9 Å². The molecule has 1 saturated carbocycles. The highest BCUT2D eigenvalue weighted by molar-refractivity contribution is 5.94. The Morgan fingerprint density at radius 1 is 1.10 bits per heavy atom. The van der Waals surface area contributed by atoms with Crippen LogP contribution in [-0.2, 0) is 11.3 Å². The molecular weight excluding hydrogens is 516 g/mol. The van der Waals surface area contributed by atoms with Crippen molar-refractivity contribution in [3.8, 4) is 11.3 Å². The van der Waals surface area contributed by atoms with E-state index in [1.807, 2.05) is 6.20 Å². The first kappa shape index (κ1) is 27.7. The molecule has 4 heterocycles. The number of anilines is 1. The predicted molar refractivity (Wildman–Crippen MR) is 163 cm³/mol. The van der Waals surface area contributed by atoms with E-state index in [1.165, 1.54) is 10.6 Å². The molecule has 218 valence electrons. The monoisotopic (exact) mass is 558 g/mol. The summed E-state index contributed by atoms with van der Waals surface area (Å²) >= 11 is 0. The zero-order chi connectivity index (χ0) is 28.5. The van der Waals surface area contributed by atoms with Crippen LogP contribution in [0.15, 0.2) is 53.8 Å². The number of fused-ring (bicyclic) bond motifs is 1. The van der Waals surface area contributed by atoms with Crippen LogP contribution in [0.5, 0.6) is 0 Å². The molecule has 10 nitrogen and oxygen atoms in total. The maximum atomic E-state index is 9.83. The Bertz CT molecular complexity index is 1400. The summed E-state index contributed by atoms with van der Waals surface area (Å²) in [7, 11) is 6.06. The van der Waals surface area contributed by atoms with Crippen LogP contribution < -0.4 is 5.32 Å². The van der Waals surface area contributed by atoms with Gasteiger partial charge in [-0.3, -0.25) is 14.6 Å². The Balaban J connectivity index is 1.19. The van der Waals surface area contributed by atoms with E-state index in [1.54, 1.807) is 19.2 Å². The van der Waals surface area contributed by atoms with Gasteiger partial charge in [0.25, 0.3) is 0 Å². The van der Waals surface area contributed by atoms with E-state index in [2.05, 4.69) is 76.3 Å². The van der Waals surface area contributed by atoms with Gasteiger partial charge >= 0.3 is 0 Å². The van der Waals surface area contributed by atoms with Crippen molar-refractivity contribution < 1.29 is 9.84 Å². The number of pyridine rings is 1. The van der Waals surface area contributed by atoms with Crippen molar-refractivity contribution in [1.29, 1.82) is 0 Å². The van der Waals surface area contributed by atoms with Crippen molar-refractivity contribution in [2.75, 3.05) is 46.1 Å². The number of likely N-dealkylation sites (tertiary alicyclic amines) is 1. The number of rotatable bonds is 8. The van der Waals surface area contributed by atoms with Crippen LogP contribution >= 0.6 is 0 Å². The lowest BCUT2D eigenvalue weighted by Crippen LogP contribution is -2.56.